The maximum atomic E-state index is 15.8. The number of imide groups is 1. The number of piperazine rings is 1. The summed E-state index contributed by atoms with van der Waals surface area (Å²) in [5.41, 5.74) is 2.24. The van der Waals surface area contributed by atoms with E-state index in [1.165, 1.54) is 11.0 Å². The van der Waals surface area contributed by atoms with Gasteiger partial charge in [0, 0.05) is 51.3 Å². The van der Waals surface area contributed by atoms with Crippen LogP contribution in [0.3, 0.4) is 0 Å². The molecule has 0 aromatic heterocycles. The van der Waals surface area contributed by atoms with Crippen LogP contribution >= 0.6 is 0 Å². The van der Waals surface area contributed by atoms with Crippen LogP contribution in [-0.4, -0.2) is 101 Å². The molecule has 48 heavy (non-hydrogen) atoms. The molecule has 3 aromatic rings. The molecule has 3 aromatic carbocycles. The molecule has 0 aliphatic carbocycles. The first-order valence-electron chi connectivity index (χ1n) is 16.3. The maximum absolute atomic E-state index is 15.8. The Morgan fingerprint density at radius 1 is 0.854 bits per heavy atom. The normalized spacial score (nSPS) is 23.4. The van der Waals surface area contributed by atoms with Crippen molar-refractivity contribution < 1.29 is 32.3 Å². The first-order valence-corrected chi connectivity index (χ1v) is 16.3. The van der Waals surface area contributed by atoms with Crippen LogP contribution in [-0.2, 0) is 16.1 Å². The third kappa shape index (κ3) is 5.99. The Morgan fingerprint density at radius 2 is 1.50 bits per heavy atom. The fourth-order valence-electron chi connectivity index (χ4n) is 7.67. The van der Waals surface area contributed by atoms with Gasteiger partial charge in [0.15, 0.2) is 0 Å². The van der Waals surface area contributed by atoms with Crippen molar-refractivity contribution in [2.24, 2.45) is 0 Å². The lowest BCUT2D eigenvalue weighted by Crippen LogP contribution is -2.62. The summed E-state index contributed by atoms with van der Waals surface area (Å²) in [6, 6.07) is 20.5. The Balaban J connectivity index is 1.01. The Labute approximate surface area is 276 Å². The van der Waals surface area contributed by atoms with Crippen molar-refractivity contribution in [3.05, 3.63) is 106 Å². The van der Waals surface area contributed by atoms with E-state index in [9.17, 15) is 19.2 Å². The quantitative estimate of drug-likeness (QED) is 0.405. The fourth-order valence-corrected chi connectivity index (χ4v) is 7.67. The number of likely N-dealkylation sites (tertiary alicyclic amines) is 1. The number of piperidine rings is 2. The first kappa shape index (κ1) is 32.0. The average molecular weight is 660 g/mol. The summed E-state index contributed by atoms with van der Waals surface area (Å²) in [5, 5.41) is 2.21. The lowest BCUT2D eigenvalue weighted by atomic mass is 9.94. The molecule has 3 saturated heterocycles. The van der Waals surface area contributed by atoms with Crippen molar-refractivity contribution in [3.63, 3.8) is 0 Å². The van der Waals surface area contributed by atoms with E-state index in [2.05, 4.69) is 34.5 Å². The zero-order valence-corrected chi connectivity index (χ0v) is 26.3. The van der Waals surface area contributed by atoms with E-state index in [4.69, 9.17) is 0 Å². The van der Waals surface area contributed by atoms with Gasteiger partial charge in [-0.1, -0.05) is 60.7 Å². The van der Waals surface area contributed by atoms with Gasteiger partial charge in [0.25, 0.3) is 17.7 Å². The van der Waals surface area contributed by atoms with Gasteiger partial charge in [0.05, 0.1) is 24.2 Å². The number of alkyl halides is 2. The van der Waals surface area contributed by atoms with E-state index in [-0.39, 0.29) is 49.5 Å². The van der Waals surface area contributed by atoms with Gasteiger partial charge in [0.2, 0.25) is 11.8 Å². The van der Waals surface area contributed by atoms with Crippen LogP contribution in [0.1, 0.15) is 62.7 Å². The molecule has 4 aliphatic heterocycles. The van der Waals surface area contributed by atoms with E-state index in [1.807, 2.05) is 41.3 Å². The summed E-state index contributed by atoms with van der Waals surface area (Å²) in [5.74, 6) is -6.68. The van der Waals surface area contributed by atoms with E-state index >= 15 is 13.2 Å². The molecule has 2 atom stereocenters. The van der Waals surface area contributed by atoms with Gasteiger partial charge in [-0.05, 0) is 41.7 Å². The van der Waals surface area contributed by atoms with Crippen molar-refractivity contribution >= 4 is 23.6 Å². The SMILES string of the molecule is O=C1CCC(N2Cc3cc(C(=O)N4CCC(N5CCN(C(c6ccccc6)c6ccccc6)CC5)C(F)(F)C4)c(F)cc3C2=O)C(=O)N1. The van der Waals surface area contributed by atoms with E-state index < -0.39 is 54.0 Å². The van der Waals surface area contributed by atoms with Gasteiger partial charge in [-0.15, -0.1) is 0 Å². The van der Waals surface area contributed by atoms with Gasteiger partial charge in [-0.3, -0.25) is 34.3 Å². The molecular weight excluding hydrogens is 623 g/mol. The molecule has 12 heteroatoms. The predicted octanol–water partition coefficient (Wildman–Crippen LogP) is 3.84. The molecule has 0 saturated carbocycles. The molecule has 0 spiro atoms. The predicted molar refractivity (Wildman–Crippen MR) is 170 cm³/mol. The number of nitrogens with one attached hydrogen (secondary N) is 1. The number of amides is 4. The van der Waals surface area contributed by atoms with Gasteiger partial charge < -0.3 is 9.80 Å². The highest BCUT2D eigenvalue weighted by Crippen LogP contribution is 2.36. The number of hydrogen-bond donors (Lipinski definition) is 1. The minimum Gasteiger partial charge on any atom is -0.332 e. The number of rotatable bonds is 6. The number of fused-ring (bicyclic) bond motifs is 1. The fraction of sp³-hybridized carbons (Fsp3) is 0.389. The standard InChI is InChI=1S/C36H36F3N5O4/c37-28-20-26-25(21-44(35(26)48)29-11-12-31(45)40-33(29)46)19-27(28)34(47)43-14-13-30(36(38,39)22-43)41-15-17-42(18-16-41)32(23-7-3-1-4-8-23)24-9-5-2-6-10-24/h1-10,19-20,29-30,32H,11-18,21-22H2,(H,40,45,46). The lowest BCUT2D eigenvalue weighted by molar-refractivity contribution is -0.136. The van der Waals surface area contributed by atoms with Gasteiger partial charge in [0.1, 0.15) is 11.9 Å². The van der Waals surface area contributed by atoms with Crippen molar-refractivity contribution in [1.29, 1.82) is 0 Å². The second-order valence-electron chi connectivity index (χ2n) is 13.0. The van der Waals surface area contributed by atoms with Crippen LogP contribution in [0.25, 0.3) is 0 Å². The molecule has 9 nitrogen and oxygen atoms in total. The minimum atomic E-state index is -3.22. The second kappa shape index (κ2) is 12.8. The maximum Gasteiger partial charge on any atom is 0.280 e. The number of benzene rings is 3. The number of hydrogen-bond acceptors (Lipinski definition) is 6. The van der Waals surface area contributed by atoms with Crippen LogP contribution in [0, 0.1) is 5.82 Å². The molecule has 0 radical (unpaired) electrons. The molecule has 3 fully saturated rings. The summed E-state index contributed by atoms with van der Waals surface area (Å²) in [6.07, 6.45) is 0.239. The topological polar surface area (TPSA) is 93.3 Å². The molecule has 4 amide bonds. The average Bonchev–Trinajstić information content (AvgIpc) is 3.39. The van der Waals surface area contributed by atoms with Gasteiger partial charge >= 0.3 is 0 Å². The van der Waals surface area contributed by atoms with Crippen LogP contribution < -0.4 is 5.32 Å². The van der Waals surface area contributed by atoms with Crippen LogP contribution in [0.2, 0.25) is 0 Å². The summed E-state index contributed by atoms with van der Waals surface area (Å²) in [4.78, 5) is 56.8. The third-order valence-electron chi connectivity index (χ3n) is 10.1. The molecule has 7 rings (SSSR count). The molecule has 2 unspecified atom stereocenters. The second-order valence-corrected chi connectivity index (χ2v) is 13.0. The highest BCUT2D eigenvalue weighted by molar-refractivity contribution is 6.06. The Morgan fingerprint density at radius 3 is 2.10 bits per heavy atom. The highest BCUT2D eigenvalue weighted by Gasteiger charge is 2.50. The van der Waals surface area contributed by atoms with Crippen molar-refractivity contribution in [3.8, 4) is 0 Å². The molecular formula is C36H36F3N5O4. The molecule has 250 valence electrons. The minimum absolute atomic E-state index is 0.00291. The van der Waals surface area contributed by atoms with Crippen molar-refractivity contribution in [2.45, 2.75) is 49.9 Å². The summed E-state index contributed by atoms with van der Waals surface area (Å²) in [6.45, 7) is 1.22. The third-order valence-corrected chi connectivity index (χ3v) is 10.1. The first-order chi connectivity index (χ1) is 23.1. The molecule has 4 aliphatic rings. The molecule has 0 bridgehead atoms. The van der Waals surface area contributed by atoms with E-state index in [0.717, 1.165) is 22.1 Å². The number of halogens is 3. The Hall–Kier alpha value is -4.55. The van der Waals surface area contributed by atoms with Gasteiger partial charge in [-0.25, -0.2) is 13.2 Å². The lowest BCUT2D eigenvalue weighted by Gasteiger charge is -2.47. The zero-order chi connectivity index (χ0) is 33.6. The number of nitrogens with zero attached hydrogens (tertiary/aromatic N) is 4. The number of carbonyl (C=O) groups is 4. The van der Waals surface area contributed by atoms with Crippen LogP contribution in [0.15, 0.2) is 72.8 Å². The number of carbonyl (C=O) groups excluding carboxylic acids is 4. The monoisotopic (exact) mass is 659 g/mol. The largest absolute Gasteiger partial charge is 0.332 e. The summed E-state index contributed by atoms with van der Waals surface area (Å²) in [7, 11) is 0. The summed E-state index contributed by atoms with van der Waals surface area (Å²) >= 11 is 0. The van der Waals surface area contributed by atoms with E-state index in [1.54, 1.807) is 0 Å². The Kier molecular flexibility index (Phi) is 8.55. The molecule has 4 heterocycles. The van der Waals surface area contributed by atoms with Crippen molar-refractivity contribution in [2.75, 3.05) is 39.3 Å². The smallest absolute Gasteiger partial charge is 0.280 e. The molecule has 1 N–H and O–H groups in total. The highest BCUT2D eigenvalue weighted by atomic mass is 19.3. The Bertz CT molecular complexity index is 1690. The zero-order valence-electron chi connectivity index (χ0n) is 26.3. The summed E-state index contributed by atoms with van der Waals surface area (Å²) < 4.78 is 46.9. The van der Waals surface area contributed by atoms with Crippen LogP contribution in [0.4, 0.5) is 13.2 Å². The van der Waals surface area contributed by atoms with Crippen LogP contribution in [0.5, 0.6) is 0 Å². The van der Waals surface area contributed by atoms with E-state index in [0.29, 0.717) is 31.7 Å². The van der Waals surface area contributed by atoms with Gasteiger partial charge in [-0.2, -0.15) is 0 Å². The van der Waals surface area contributed by atoms with Crippen molar-refractivity contribution in [1.82, 2.24) is 24.9 Å².